The van der Waals surface area contributed by atoms with Gasteiger partial charge >= 0.3 is 0 Å². The van der Waals surface area contributed by atoms with Gasteiger partial charge in [-0.3, -0.25) is 4.68 Å². The number of nitrogen functional groups attached to an aromatic ring is 1. The van der Waals surface area contributed by atoms with Crippen LogP contribution in [0.25, 0.3) is 11.3 Å². The van der Waals surface area contributed by atoms with Crippen LogP contribution in [0.1, 0.15) is 11.1 Å². The Morgan fingerprint density at radius 2 is 2.00 bits per heavy atom. The molecule has 0 bridgehead atoms. The van der Waals surface area contributed by atoms with Crippen LogP contribution in [0, 0.1) is 13.8 Å². The van der Waals surface area contributed by atoms with Gasteiger partial charge in [-0.2, -0.15) is 5.10 Å². The average molecular weight is 280 g/mol. The van der Waals surface area contributed by atoms with Crippen LogP contribution in [0.5, 0.6) is 0 Å². The van der Waals surface area contributed by atoms with Crippen molar-refractivity contribution in [2.75, 3.05) is 5.73 Å². The van der Waals surface area contributed by atoms with E-state index in [4.69, 9.17) is 5.73 Å². The predicted molar refractivity (Wildman–Crippen MR) is 70.2 cm³/mol. The van der Waals surface area contributed by atoms with E-state index in [-0.39, 0.29) is 0 Å². The lowest BCUT2D eigenvalue weighted by atomic mass is 10.0. The van der Waals surface area contributed by atoms with Crippen LogP contribution in [-0.4, -0.2) is 9.78 Å². The summed E-state index contributed by atoms with van der Waals surface area (Å²) in [6.45, 7) is 4.07. The molecule has 1 heterocycles. The summed E-state index contributed by atoms with van der Waals surface area (Å²) in [5.41, 5.74) is 10.2. The fourth-order valence-electron chi connectivity index (χ4n) is 1.79. The number of rotatable bonds is 1. The third-order valence-corrected chi connectivity index (χ3v) is 3.27. The van der Waals surface area contributed by atoms with Crippen molar-refractivity contribution in [1.82, 2.24) is 9.78 Å². The van der Waals surface area contributed by atoms with Crippen molar-refractivity contribution in [3.8, 4) is 11.3 Å². The summed E-state index contributed by atoms with van der Waals surface area (Å²) in [6.07, 6.45) is 0. The van der Waals surface area contributed by atoms with Crippen LogP contribution in [0.2, 0.25) is 0 Å². The molecular weight excluding hydrogens is 266 g/mol. The van der Waals surface area contributed by atoms with Crippen molar-refractivity contribution in [3.05, 3.63) is 33.8 Å². The van der Waals surface area contributed by atoms with Crippen molar-refractivity contribution in [2.45, 2.75) is 13.8 Å². The van der Waals surface area contributed by atoms with Gasteiger partial charge in [-0.05, 0) is 31.5 Å². The smallest absolute Gasteiger partial charge is 0.124 e. The van der Waals surface area contributed by atoms with E-state index in [1.807, 2.05) is 20.0 Å². The third-order valence-electron chi connectivity index (χ3n) is 2.78. The summed E-state index contributed by atoms with van der Waals surface area (Å²) in [5.74, 6) is 0.720. The maximum absolute atomic E-state index is 5.91. The Balaban J connectivity index is 2.63. The highest BCUT2D eigenvalue weighted by molar-refractivity contribution is 9.10. The molecule has 0 aliphatic heterocycles. The number of anilines is 1. The van der Waals surface area contributed by atoms with E-state index in [1.165, 1.54) is 5.56 Å². The van der Waals surface area contributed by atoms with E-state index in [2.05, 4.69) is 40.1 Å². The summed E-state index contributed by atoms with van der Waals surface area (Å²) < 4.78 is 2.79. The molecule has 4 heteroatoms. The second kappa shape index (κ2) is 3.94. The summed E-state index contributed by atoms with van der Waals surface area (Å²) in [5, 5.41) is 4.45. The van der Waals surface area contributed by atoms with E-state index in [0.717, 1.165) is 27.1 Å². The molecule has 2 aromatic rings. The molecule has 84 valence electrons. The largest absolute Gasteiger partial charge is 0.384 e. The van der Waals surface area contributed by atoms with Crippen molar-refractivity contribution >= 4 is 21.7 Å². The number of halogens is 1. The SMILES string of the molecule is Cc1cc(Br)ccc1-c1nn(C)c(N)c1C. The quantitative estimate of drug-likeness (QED) is 0.872. The van der Waals surface area contributed by atoms with E-state index in [0.29, 0.717) is 0 Å². The van der Waals surface area contributed by atoms with Gasteiger partial charge in [0.15, 0.2) is 0 Å². The number of hydrogen-bond acceptors (Lipinski definition) is 2. The van der Waals surface area contributed by atoms with Gasteiger partial charge in [-0.25, -0.2) is 0 Å². The number of benzene rings is 1. The zero-order chi connectivity index (χ0) is 11.9. The fraction of sp³-hybridized carbons (Fsp3) is 0.250. The first-order chi connectivity index (χ1) is 7.50. The van der Waals surface area contributed by atoms with Crippen LogP contribution in [-0.2, 0) is 7.05 Å². The zero-order valence-corrected chi connectivity index (χ0v) is 11.2. The van der Waals surface area contributed by atoms with Crippen molar-refractivity contribution < 1.29 is 0 Å². The molecule has 1 aromatic heterocycles. The molecule has 16 heavy (non-hydrogen) atoms. The van der Waals surface area contributed by atoms with Gasteiger partial charge in [0, 0.05) is 22.6 Å². The second-order valence-electron chi connectivity index (χ2n) is 3.94. The molecule has 0 aliphatic rings. The molecule has 0 saturated heterocycles. The van der Waals surface area contributed by atoms with Crippen LogP contribution in [0.4, 0.5) is 5.82 Å². The Morgan fingerprint density at radius 1 is 1.31 bits per heavy atom. The highest BCUT2D eigenvalue weighted by Gasteiger charge is 2.13. The minimum absolute atomic E-state index is 0.720. The Labute approximate surface area is 103 Å². The Morgan fingerprint density at radius 3 is 2.50 bits per heavy atom. The summed E-state index contributed by atoms with van der Waals surface area (Å²) in [6, 6.07) is 6.17. The lowest BCUT2D eigenvalue weighted by Crippen LogP contribution is -1.97. The average Bonchev–Trinajstić information content (AvgIpc) is 2.46. The van der Waals surface area contributed by atoms with Gasteiger partial charge in [-0.15, -0.1) is 0 Å². The van der Waals surface area contributed by atoms with Crippen molar-refractivity contribution in [3.63, 3.8) is 0 Å². The minimum Gasteiger partial charge on any atom is -0.384 e. The first-order valence-corrected chi connectivity index (χ1v) is 5.85. The van der Waals surface area contributed by atoms with Crippen LogP contribution in [0.15, 0.2) is 22.7 Å². The molecule has 2 rings (SSSR count). The molecule has 0 amide bonds. The molecule has 0 aliphatic carbocycles. The Kier molecular flexibility index (Phi) is 2.76. The molecule has 0 fully saturated rings. The van der Waals surface area contributed by atoms with Gasteiger partial charge < -0.3 is 5.73 Å². The monoisotopic (exact) mass is 279 g/mol. The van der Waals surface area contributed by atoms with E-state index < -0.39 is 0 Å². The molecule has 2 N–H and O–H groups in total. The standard InChI is InChI=1S/C12H14BrN3/c1-7-6-9(13)4-5-10(7)11-8(2)12(14)16(3)15-11/h4-6H,14H2,1-3H3. The van der Waals surface area contributed by atoms with Gasteiger partial charge in [-0.1, -0.05) is 22.0 Å². The normalized spacial score (nSPS) is 10.8. The topological polar surface area (TPSA) is 43.8 Å². The van der Waals surface area contributed by atoms with E-state index in [9.17, 15) is 0 Å². The summed E-state index contributed by atoms with van der Waals surface area (Å²) in [4.78, 5) is 0. The predicted octanol–water partition coefficient (Wildman–Crippen LogP) is 3.05. The van der Waals surface area contributed by atoms with Gasteiger partial charge in [0.25, 0.3) is 0 Å². The maximum atomic E-state index is 5.91. The molecule has 1 aromatic carbocycles. The van der Waals surface area contributed by atoms with Gasteiger partial charge in [0.1, 0.15) is 5.82 Å². The van der Waals surface area contributed by atoms with Gasteiger partial charge in [0.05, 0.1) is 5.69 Å². The second-order valence-corrected chi connectivity index (χ2v) is 4.86. The first kappa shape index (κ1) is 11.2. The molecule has 0 atom stereocenters. The molecule has 0 unspecified atom stereocenters. The molecule has 0 saturated carbocycles. The van der Waals surface area contributed by atoms with Crippen LogP contribution >= 0.6 is 15.9 Å². The maximum Gasteiger partial charge on any atom is 0.124 e. The lowest BCUT2D eigenvalue weighted by molar-refractivity contribution is 0.782. The molecule has 0 spiro atoms. The zero-order valence-electron chi connectivity index (χ0n) is 9.58. The van der Waals surface area contributed by atoms with Crippen molar-refractivity contribution in [1.29, 1.82) is 0 Å². The highest BCUT2D eigenvalue weighted by atomic mass is 79.9. The fourth-order valence-corrected chi connectivity index (χ4v) is 2.27. The van der Waals surface area contributed by atoms with Crippen molar-refractivity contribution in [2.24, 2.45) is 7.05 Å². The Hall–Kier alpha value is -1.29. The van der Waals surface area contributed by atoms with Crippen LogP contribution in [0.3, 0.4) is 0 Å². The number of aromatic nitrogens is 2. The number of hydrogen-bond donors (Lipinski definition) is 1. The lowest BCUT2D eigenvalue weighted by Gasteiger charge is -2.04. The Bertz CT molecular complexity index is 543. The minimum atomic E-state index is 0.720. The molecule has 0 radical (unpaired) electrons. The van der Waals surface area contributed by atoms with E-state index >= 15 is 0 Å². The van der Waals surface area contributed by atoms with Gasteiger partial charge in [0.2, 0.25) is 0 Å². The van der Waals surface area contributed by atoms with Crippen LogP contribution < -0.4 is 5.73 Å². The number of aryl methyl sites for hydroxylation is 2. The first-order valence-electron chi connectivity index (χ1n) is 5.06. The summed E-state index contributed by atoms with van der Waals surface area (Å²) in [7, 11) is 1.86. The molecular formula is C12H14BrN3. The third kappa shape index (κ3) is 1.73. The van der Waals surface area contributed by atoms with E-state index in [1.54, 1.807) is 4.68 Å². The summed E-state index contributed by atoms with van der Waals surface area (Å²) >= 11 is 3.46. The molecule has 3 nitrogen and oxygen atoms in total. The number of nitrogens with zero attached hydrogens (tertiary/aromatic N) is 2. The number of nitrogens with two attached hydrogens (primary N) is 1. The highest BCUT2D eigenvalue weighted by Crippen LogP contribution is 2.29.